The van der Waals surface area contributed by atoms with Crippen LogP contribution < -0.4 is 0 Å². The molecule has 0 N–H and O–H groups in total. The van der Waals surface area contributed by atoms with E-state index < -0.39 is 18.4 Å². The zero-order valence-corrected chi connectivity index (χ0v) is 9.05. The van der Waals surface area contributed by atoms with Crippen molar-refractivity contribution in [2.45, 2.75) is 45.3 Å². The first-order valence-corrected chi connectivity index (χ1v) is 4.99. The zero-order chi connectivity index (χ0) is 10.8. The molecule has 1 saturated heterocycles. The topological polar surface area (TPSA) is 29.5 Å². The molecule has 0 aliphatic carbocycles. The fraction of sp³-hybridized carbons (Fsp3) is 0.900. The number of rotatable bonds is 1. The van der Waals surface area contributed by atoms with E-state index in [0.29, 0.717) is 6.54 Å². The number of halogens is 1. The molecule has 0 aromatic heterocycles. The zero-order valence-electron chi connectivity index (χ0n) is 9.05. The van der Waals surface area contributed by atoms with Gasteiger partial charge in [-0.15, -0.1) is 0 Å². The highest BCUT2D eigenvalue weighted by Gasteiger charge is 2.31. The predicted molar refractivity (Wildman–Crippen MR) is 51.9 cm³/mol. The lowest BCUT2D eigenvalue weighted by Gasteiger charge is -2.27. The Morgan fingerprint density at radius 3 is 2.71 bits per heavy atom. The summed E-state index contributed by atoms with van der Waals surface area (Å²) in [6, 6.07) is -0.273. The predicted octanol–water partition coefficient (Wildman–Crippen LogP) is 2.36. The Morgan fingerprint density at radius 2 is 2.21 bits per heavy atom. The van der Waals surface area contributed by atoms with Crippen LogP contribution in [0.2, 0.25) is 0 Å². The molecule has 1 rings (SSSR count). The second kappa shape index (κ2) is 4.15. The van der Waals surface area contributed by atoms with Crippen LogP contribution in [0, 0.1) is 0 Å². The number of alkyl halides is 1. The number of ether oxygens (including phenoxy) is 1. The molecule has 1 fully saturated rings. The van der Waals surface area contributed by atoms with Gasteiger partial charge >= 0.3 is 6.09 Å². The van der Waals surface area contributed by atoms with Crippen molar-refractivity contribution in [3.8, 4) is 0 Å². The van der Waals surface area contributed by atoms with E-state index in [1.54, 1.807) is 0 Å². The minimum absolute atomic E-state index is 0.273. The third-order valence-electron chi connectivity index (χ3n) is 2.18. The lowest BCUT2D eigenvalue weighted by molar-refractivity contribution is 0.0207. The summed E-state index contributed by atoms with van der Waals surface area (Å²) >= 11 is 0. The molecule has 1 amide bonds. The Kier molecular flexibility index (Phi) is 3.34. The maximum absolute atomic E-state index is 12.5. The Morgan fingerprint density at radius 1 is 1.57 bits per heavy atom. The minimum Gasteiger partial charge on any atom is -0.444 e. The third kappa shape index (κ3) is 2.86. The molecule has 14 heavy (non-hydrogen) atoms. The van der Waals surface area contributed by atoms with Gasteiger partial charge in [0.1, 0.15) is 12.3 Å². The van der Waals surface area contributed by atoms with E-state index in [9.17, 15) is 9.18 Å². The molecular weight excluding hydrogens is 185 g/mol. The van der Waals surface area contributed by atoms with Crippen LogP contribution in [0.4, 0.5) is 9.18 Å². The third-order valence-corrected chi connectivity index (χ3v) is 2.18. The summed E-state index contributed by atoms with van der Waals surface area (Å²) in [5.74, 6) is 0. The van der Waals surface area contributed by atoms with E-state index >= 15 is 0 Å². The minimum atomic E-state index is -0.499. The van der Waals surface area contributed by atoms with E-state index in [-0.39, 0.29) is 6.04 Å². The van der Waals surface area contributed by atoms with Crippen molar-refractivity contribution in [1.82, 2.24) is 4.90 Å². The van der Waals surface area contributed by atoms with Crippen molar-refractivity contribution < 1.29 is 13.9 Å². The molecule has 3 nitrogen and oxygen atoms in total. The van der Waals surface area contributed by atoms with Crippen molar-refractivity contribution >= 4 is 6.09 Å². The Hall–Kier alpha value is -0.800. The quantitative estimate of drug-likeness (QED) is 0.654. The normalized spacial score (nSPS) is 22.6. The summed E-state index contributed by atoms with van der Waals surface area (Å²) in [5.41, 5.74) is -0.499. The van der Waals surface area contributed by atoms with E-state index in [2.05, 4.69) is 0 Å². The second-order valence-corrected chi connectivity index (χ2v) is 4.62. The van der Waals surface area contributed by atoms with E-state index in [4.69, 9.17) is 4.74 Å². The Balaban J connectivity index is 2.52. The molecule has 0 spiro atoms. The highest BCUT2D eigenvalue weighted by molar-refractivity contribution is 5.68. The van der Waals surface area contributed by atoms with Crippen molar-refractivity contribution in [3.05, 3.63) is 0 Å². The van der Waals surface area contributed by atoms with Gasteiger partial charge in [0.25, 0.3) is 0 Å². The van der Waals surface area contributed by atoms with E-state index in [1.807, 2.05) is 20.8 Å². The van der Waals surface area contributed by atoms with Gasteiger partial charge in [-0.2, -0.15) is 0 Å². The van der Waals surface area contributed by atoms with Crippen LogP contribution in [0.25, 0.3) is 0 Å². The molecule has 1 aliphatic rings. The van der Waals surface area contributed by atoms with Gasteiger partial charge in [-0.25, -0.2) is 9.18 Å². The average molecular weight is 203 g/mol. The molecule has 4 heteroatoms. The highest BCUT2D eigenvalue weighted by atomic mass is 19.1. The number of hydrogen-bond donors (Lipinski definition) is 0. The number of amides is 1. The van der Waals surface area contributed by atoms with Gasteiger partial charge in [-0.1, -0.05) is 0 Å². The molecule has 82 valence electrons. The van der Waals surface area contributed by atoms with E-state index in [0.717, 1.165) is 12.8 Å². The monoisotopic (exact) mass is 203 g/mol. The van der Waals surface area contributed by atoms with Crippen molar-refractivity contribution in [2.75, 3.05) is 13.2 Å². The number of hydrogen-bond acceptors (Lipinski definition) is 2. The lowest BCUT2D eigenvalue weighted by atomic mass is 10.2. The van der Waals surface area contributed by atoms with Gasteiger partial charge in [0.2, 0.25) is 0 Å². The van der Waals surface area contributed by atoms with Gasteiger partial charge in [0.15, 0.2) is 0 Å². The maximum Gasteiger partial charge on any atom is 0.410 e. The second-order valence-electron chi connectivity index (χ2n) is 4.62. The first kappa shape index (κ1) is 11.3. The van der Waals surface area contributed by atoms with Gasteiger partial charge in [0.05, 0.1) is 6.04 Å². The van der Waals surface area contributed by atoms with Gasteiger partial charge in [0, 0.05) is 6.54 Å². The largest absolute Gasteiger partial charge is 0.444 e. The van der Waals surface area contributed by atoms with Crippen LogP contribution in [0.3, 0.4) is 0 Å². The average Bonchev–Trinajstić information content (AvgIpc) is 2.47. The number of nitrogens with zero attached hydrogens (tertiary/aromatic N) is 1. The van der Waals surface area contributed by atoms with Crippen LogP contribution in [-0.4, -0.2) is 35.9 Å². The summed E-state index contributed by atoms with van der Waals surface area (Å²) in [4.78, 5) is 13.1. The molecule has 0 saturated carbocycles. The fourth-order valence-electron chi connectivity index (χ4n) is 1.56. The summed E-state index contributed by atoms with van der Waals surface area (Å²) in [6.45, 7) is 5.57. The first-order chi connectivity index (χ1) is 6.44. The van der Waals surface area contributed by atoms with Crippen LogP contribution in [0.15, 0.2) is 0 Å². The lowest BCUT2D eigenvalue weighted by Crippen LogP contribution is -2.40. The molecule has 0 bridgehead atoms. The summed E-state index contributed by atoms with van der Waals surface area (Å²) in [5, 5.41) is 0. The molecule has 0 aromatic rings. The van der Waals surface area contributed by atoms with Gasteiger partial charge in [-0.3, -0.25) is 0 Å². The molecular formula is C10H18FNO2. The molecule has 1 aliphatic heterocycles. The molecule has 1 unspecified atom stereocenters. The van der Waals surface area contributed by atoms with Gasteiger partial charge in [-0.05, 0) is 33.6 Å². The smallest absolute Gasteiger partial charge is 0.410 e. The summed E-state index contributed by atoms with van der Waals surface area (Å²) < 4.78 is 17.7. The number of carbonyl (C=O) groups is 1. The Bertz CT molecular complexity index is 213. The SMILES string of the molecule is CC(C)(C)OC(=O)N1CCCC1CF. The fourth-order valence-corrected chi connectivity index (χ4v) is 1.56. The summed E-state index contributed by atoms with van der Waals surface area (Å²) in [6.07, 6.45) is 1.22. The standard InChI is InChI=1S/C10H18FNO2/c1-10(2,3)14-9(13)12-6-4-5-8(12)7-11/h8H,4-7H2,1-3H3. The number of carbonyl (C=O) groups excluding carboxylic acids is 1. The Labute approximate surface area is 84.2 Å². The number of likely N-dealkylation sites (tertiary alicyclic amines) is 1. The van der Waals surface area contributed by atoms with Crippen LogP contribution in [0.1, 0.15) is 33.6 Å². The molecule has 1 heterocycles. The highest BCUT2D eigenvalue weighted by Crippen LogP contribution is 2.20. The van der Waals surface area contributed by atoms with E-state index in [1.165, 1.54) is 4.90 Å². The van der Waals surface area contributed by atoms with Crippen molar-refractivity contribution in [1.29, 1.82) is 0 Å². The van der Waals surface area contributed by atoms with Crippen LogP contribution in [-0.2, 0) is 4.74 Å². The molecule has 0 radical (unpaired) electrons. The molecule has 1 atom stereocenters. The van der Waals surface area contributed by atoms with Crippen LogP contribution in [0.5, 0.6) is 0 Å². The first-order valence-electron chi connectivity index (χ1n) is 4.99. The van der Waals surface area contributed by atoms with Crippen molar-refractivity contribution in [3.63, 3.8) is 0 Å². The molecule has 0 aromatic carbocycles. The van der Waals surface area contributed by atoms with Crippen LogP contribution >= 0.6 is 0 Å². The summed E-state index contributed by atoms with van der Waals surface area (Å²) in [7, 11) is 0. The van der Waals surface area contributed by atoms with Crippen molar-refractivity contribution in [2.24, 2.45) is 0 Å². The maximum atomic E-state index is 12.5. The van der Waals surface area contributed by atoms with Gasteiger partial charge < -0.3 is 9.64 Å².